The van der Waals surface area contributed by atoms with E-state index in [1.807, 2.05) is 0 Å². The molecule has 2 amide bonds. The Bertz CT molecular complexity index is 1110. The fourth-order valence-corrected chi connectivity index (χ4v) is 2.68. The van der Waals surface area contributed by atoms with Crippen LogP contribution in [-0.2, 0) is 11.3 Å². The third-order valence-corrected chi connectivity index (χ3v) is 4.10. The molecule has 0 saturated carbocycles. The zero-order valence-electron chi connectivity index (χ0n) is 14.5. The lowest BCUT2D eigenvalue weighted by Crippen LogP contribution is -2.23. The van der Waals surface area contributed by atoms with Crippen LogP contribution in [0, 0.1) is 21.7 Å². The minimum absolute atomic E-state index is 0.0690. The van der Waals surface area contributed by atoms with Gasteiger partial charge in [-0.15, -0.1) is 0 Å². The van der Waals surface area contributed by atoms with Gasteiger partial charge in [0, 0.05) is 18.9 Å². The fourth-order valence-electron chi connectivity index (χ4n) is 2.68. The highest BCUT2D eigenvalue weighted by Gasteiger charge is 2.22. The Kier molecular flexibility index (Phi) is 5.03. The summed E-state index contributed by atoms with van der Waals surface area (Å²) < 4.78 is 29.4. The van der Waals surface area contributed by atoms with Crippen LogP contribution < -0.4 is 10.6 Å². The van der Waals surface area contributed by atoms with Gasteiger partial charge in [-0.2, -0.15) is 4.39 Å². The van der Waals surface area contributed by atoms with Gasteiger partial charge in [0.15, 0.2) is 0 Å². The number of nitrogens with one attached hydrogen (secondary N) is 2. The second-order valence-corrected chi connectivity index (χ2v) is 5.89. The second kappa shape index (κ2) is 7.43. The molecule has 3 rings (SSSR count). The van der Waals surface area contributed by atoms with Crippen molar-refractivity contribution in [3.8, 4) is 0 Å². The molecule has 10 heteroatoms. The molecule has 0 bridgehead atoms. The Labute approximate surface area is 156 Å². The van der Waals surface area contributed by atoms with E-state index in [0.717, 1.165) is 5.39 Å². The Morgan fingerprint density at radius 3 is 2.57 bits per heavy atom. The molecule has 0 aliphatic rings. The number of fused-ring (bicyclic) bond motifs is 1. The van der Waals surface area contributed by atoms with Gasteiger partial charge >= 0.3 is 5.69 Å². The molecule has 8 nitrogen and oxygen atoms in total. The van der Waals surface area contributed by atoms with Crippen molar-refractivity contribution in [2.45, 2.75) is 6.54 Å². The smallest absolute Gasteiger partial charge is 0.307 e. The number of hydrogen-bond donors (Lipinski definition) is 2. The molecular formula is C18H14F2N4O4. The van der Waals surface area contributed by atoms with Crippen molar-refractivity contribution < 1.29 is 23.3 Å². The monoisotopic (exact) mass is 388 g/mol. The molecule has 28 heavy (non-hydrogen) atoms. The summed E-state index contributed by atoms with van der Waals surface area (Å²) in [6.45, 7) is 0.0690. The Morgan fingerprint density at radius 2 is 1.89 bits per heavy atom. The van der Waals surface area contributed by atoms with Crippen LogP contribution in [0.15, 0.2) is 42.6 Å². The van der Waals surface area contributed by atoms with E-state index in [4.69, 9.17) is 0 Å². The van der Waals surface area contributed by atoms with Crippen LogP contribution in [0.25, 0.3) is 10.9 Å². The number of rotatable bonds is 5. The van der Waals surface area contributed by atoms with E-state index in [1.54, 1.807) is 35.0 Å². The van der Waals surface area contributed by atoms with Crippen LogP contribution in [0.4, 0.5) is 20.2 Å². The molecule has 0 saturated heterocycles. The van der Waals surface area contributed by atoms with Crippen LogP contribution in [0.5, 0.6) is 0 Å². The molecule has 1 aromatic heterocycles. The first-order valence-corrected chi connectivity index (χ1v) is 8.04. The van der Waals surface area contributed by atoms with Crippen LogP contribution in [0.1, 0.15) is 10.4 Å². The number of carbonyl (C=O) groups is 2. The predicted molar refractivity (Wildman–Crippen MR) is 97.0 cm³/mol. The van der Waals surface area contributed by atoms with E-state index >= 15 is 0 Å². The number of anilines is 1. The zero-order chi connectivity index (χ0) is 20.4. The number of hydrogen-bond acceptors (Lipinski definition) is 4. The summed E-state index contributed by atoms with van der Waals surface area (Å²) in [5.74, 6) is -3.70. The minimum atomic E-state index is -1.31. The van der Waals surface area contributed by atoms with Crippen LogP contribution in [-0.4, -0.2) is 28.4 Å². The third-order valence-electron chi connectivity index (χ3n) is 4.10. The predicted octanol–water partition coefficient (Wildman–Crippen LogP) is 2.83. The highest BCUT2D eigenvalue weighted by molar-refractivity contribution is 6.05. The van der Waals surface area contributed by atoms with Gasteiger partial charge in [0.05, 0.1) is 22.1 Å². The number of nitrogens with zero attached hydrogens (tertiary/aromatic N) is 2. The van der Waals surface area contributed by atoms with E-state index in [-0.39, 0.29) is 18.1 Å². The largest absolute Gasteiger partial charge is 0.358 e. The molecule has 1 heterocycles. The average Bonchev–Trinajstić information content (AvgIpc) is 3.05. The molecule has 0 spiro atoms. The van der Waals surface area contributed by atoms with E-state index < -0.39 is 33.7 Å². The second-order valence-electron chi connectivity index (χ2n) is 5.89. The van der Waals surface area contributed by atoms with Crippen molar-refractivity contribution in [2.75, 3.05) is 12.4 Å². The molecule has 2 aromatic carbocycles. The molecule has 0 fully saturated rings. The zero-order valence-corrected chi connectivity index (χ0v) is 14.5. The number of amides is 2. The molecule has 0 aliphatic carbocycles. The number of halogens is 2. The molecule has 0 unspecified atom stereocenters. The molecule has 144 valence electrons. The van der Waals surface area contributed by atoms with E-state index in [1.165, 1.54) is 7.05 Å². The topological polar surface area (TPSA) is 106 Å². The lowest BCUT2D eigenvalue weighted by Gasteiger charge is -2.09. The molecule has 0 aliphatic heterocycles. The highest BCUT2D eigenvalue weighted by Crippen LogP contribution is 2.24. The first-order valence-electron chi connectivity index (χ1n) is 8.04. The van der Waals surface area contributed by atoms with E-state index in [2.05, 4.69) is 10.6 Å². The SMILES string of the molecule is CNC(=O)Cn1ccc2ccc(NC(=O)c3cc(F)c([N+](=O)[O-])cc3F)cc21. The first-order chi connectivity index (χ1) is 13.3. The Balaban J connectivity index is 1.89. The summed E-state index contributed by atoms with van der Waals surface area (Å²) in [4.78, 5) is 33.4. The summed E-state index contributed by atoms with van der Waals surface area (Å²) in [5.41, 5.74) is -0.782. The fraction of sp³-hybridized carbons (Fsp3) is 0.111. The number of nitro benzene ring substituents is 1. The Morgan fingerprint density at radius 1 is 1.14 bits per heavy atom. The van der Waals surface area contributed by atoms with Gasteiger partial charge in [-0.05, 0) is 29.7 Å². The molecule has 0 atom stereocenters. The standard InChI is InChI=1S/C18H14F2N4O4/c1-21-17(25)9-23-5-4-10-2-3-11(6-15(10)23)22-18(26)12-7-14(20)16(24(27)28)8-13(12)19/h2-8H,9H2,1H3,(H,21,25)(H,22,26). The van der Waals surface area contributed by atoms with Gasteiger partial charge in [-0.1, -0.05) is 6.07 Å². The number of aromatic nitrogens is 1. The normalized spacial score (nSPS) is 10.7. The maximum Gasteiger partial charge on any atom is 0.307 e. The lowest BCUT2D eigenvalue weighted by molar-refractivity contribution is -0.387. The minimum Gasteiger partial charge on any atom is -0.358 e. The van der Waals surface area contributed by atoms with Gasteiger partial charge < -0.3 is 15.2 Å². The summed E-state index contributed by atoms with van der Waals surface area (Å²) >= 11 is 0. The van der Waals surface area contributed by atoms with Crippen molar-refractivity contribution in [1.82, 2.24) is 9.88 Å². The van der Waals surface area contributed by atoms with Crippen molar-refractivity contribution in [2.24, 2.45) is 0 Å². The molecule has 3 aromatic rings. The van der Waals surface area contributed by atoms with Gasteiger partial charge in [0.25, 0.3) is 5.91 Å². The van der Waals surface area contributed by atoms with Crippen LogP contribution in [0.2, 0.25) is 0 Å². The van der Waals surface area contributed by atoms with Crippen molar-refractivity contribution in [1.29, 1.82) is 0 Å². The Hall–Kier alpha value is -3.82. The van der Waals surface area contributed by atoms with Crippen molar-refractivity contribution in [3.63, 3.8) is 0 Å². The number of benzene rings is 2. The van der Waals surface area contributed by atoms with Crippen LogP contribution >= 0.6 is 0 Å². The van der Waals surface area contributed by atoms with Gasteiger partial charge in [-0.25, -0.2) is 4.39 Å². The van der Waals surface area contributed by atoms with Crippen molar-refractivity contribution in [3.05, 3.63) is 69.9 Å². The summed E-state index contributed by atoms with van der Waals surface area (Å²) in [5, 5.41) is 16.4. The average molecular weight is 388 g/mol. The van der Waals surface area contributed by atoms with Gasteiger partial charge in [-0.3, -0.25) is 19.7 Å². The van der Waals surface area contributed by atoms with E-state index in [9.17, 15) is 28.5 Å². The van der Waals surface area contributed by atoms with Gasteiger partial charge in [0.2, 0.25) is 11.7 Å². The maximum absolute atomic E-state index is 14.0. The van der Waals surface area contributed by atoms with E-state index in [0.29, 0.717) is 17.6 Å². The maximum atomic E-state index is 14.0. The number of likely N-dealkylation sites (N-methyl/N-ethyl adjacent to an activating group) is 1. The molecule has 0 radical (unpaired) electrons. The molecular weight excluding hydrogens is 374 g/mol. The quantitative estimate of drug-likeness (QED) is 0.518. The number of carbonyl (C=O) groups excluding carboxylic acids is 2. The van der Waals surface area contributed by atoms with Crippen LogP contribution in [0.3, 0.4) is 0 Å². The summed E-state index contributed by atoms with van der Waals surface area (Å²) in [7, 11) is 1.51. The number of nitro groups is 1. The highest BCUT2D eigenvalue weighted by atomic mass is 19.1. The summed E-state index contributed by atoms with van der Waals surface area (Å²) in [6.07, 6.45) is 1.71. The third kappa shape index (κ3) is 3.65. The first kappa shape index (κ1) is 19.0. The molecule has 2 N–H and O–H groups in total. The van der Waals surface area contributed by atoms with Crippen molar-refractivity contribution >= 4 is 34.1 Å². The lowest BCUT2D eigenvalue weighted by atomic mass is 10.1. The summed E-state index contributed by atoms with van der Waals surface area (Å²) in [6, 6.07) is 7.46. The van der Waals surface area contributed by atoms with Gasteiger partial charge in [0.1, 0.15) is 12.4 Å².